The standard InChI is InChI=1S/C12H16N2O/c1-14(2)7-6-9-8-13-10-4-3-5-11(15)12(9)10/h3-5,8,13,15H,6-7H2,1-2H3/i6D,7D2. The van der Waals surface area contributed by atoms with Crippen molar-refractivity contribution in [3.8, 4) is 5.75 Å². The van der Waals surface area contributed by atoms with Crippen molar-refractivity contribution in [2.45, 2.75) is 6.40 Å². The van der Waals surface area contributed by atoms with Crippen LogP contribution in [0.5, 0.6) is 5.75 Å². The largest absolute Gasteiger partial charge is 0.507 e. The lowest BCUT2D eigenvalue weighted by Crippen LogP contribution is -2.14. The molecule has 2 rings (SSSR count). The van der Waals surface area contributed by atoms with Crippen molar-refractivity contribution in [2.75, 3.05) is 20.6 Å². The number of aryl methyl sites for hydroxylation is 1. The van der Waals surface area contributed by atoms with E-state index in [9.17, 15) is 5.11 Å². The molecule has 0 bridgehead atoms. The summed E-state index contributed by atoms with van der Waals surface area (Å²) >= 11 is 0. The van der Waals surface area contributed by atoms with Crippen molar-refractivity contribution in [3.05, 3.63) is 30.0 Å². The summed E-state index contributed by atoms with van der Waals surface area (Å²) in [7, 11) is 3.19. The Labute approximate surface area is 93.6 Å². The van der Waals surface area contributed by atoms with Crippen LogP contribution in [-0.2, 0) is 6.40 Å². The molecule has 0 amide bonds. The van der Waals surface area contributed by atoms with Crippen molar-refractivity contribution >= 4 is 10.9 Å². The molecule has 1 aromatic heterocycles. The zero-order valence-electron chi connectivity index (χ0n) is 11.8. The normalized spacial score (nSPS) is 17.4. The van der Waals surface area contributed by atoms with E-state index < -0.39 is 12.9 Å². The molecular weight excluding hydrogens is 188 g/mol. The van der Waals surface area contributed by atoms with Gasteiger partial charge in [0, 0.05) is 27.7 Å². The fourth-order valence-corrected chi connectivity index (χ4v) is 1.50. The quantitative estimate of drug-likeness (QED) is 0.807. The highest BCUT2D eigenvalue weighted by molar-refractivity contribution is 5.88. The SMILES string of the molecule is [2H]C(c1c[nH]c2cccc(O)c12)C([2H])([2H])N(C)C. The number of aromatic nitrogens is 1. The highest BCUT2D eigenvalue weighted by atomic mass is 16.3. The first-order valence-electron chi connectivity index (χ1n) is 6.32. The fourth-order valence-electron chi connectivity index (χ4n) is 1.50. The molecule has 0 aliphatic carbocycles. The Hall–Kier alpha value is -1.48. The lowest BCUT2D eigenvalue weighted by atomic mass is 10.1. The van der Waals surface area contributed by atoms with E-state index in [1.165, 1.54) is 11.0 Å². The molecule has 2 N–H and O–H groups in total. The van der Waals surface area contributed by atoms with Crippen LogP contribution in [-0.4, -0.2) is 35.6 Å². The van der Waals surface area contributed by atoms with Crippen molar-refractivity contribution < 1.29 is 9.22 Å². The van der Waals surface area contributed by atoms with E-state index in [1.54, 1.807) is 32.4 Å². The van der Waals surface area contributed by atoms with Crippen LogP contribution in [0.25, 0.3) is 10.9 Å². The predicted octanol–water partition coefficient (Wildman–Crippen LogP) is 1.98. The van der Waals surface area contributed by atoms with Crippen LogP contribution in [0.2, 0.25) is 0 Å². The van der Waals surface area contributed by atoms with Crippen LogP contribution in [0, 0.1) is 0 Å². The molecule has 0 aliphatic heterocycles. The second-order valence-electron chi connectivity index (χ2n) is 3.61. The van der Waals surface area contributed by atoms with E-state index in [-0.39, 0.29) is 5.75 Å². The number of rotatable bonds is 3. The van der Waals surface area contributed by atoms with Gasteiger partial charge in [0.25, 0.3) is 0 Å². The van der Waals surface area contributed by atoms with E-state index in [4.69, 9.17) is 4.11 Å². The molecule has 3 heteroatoms. The molecule has 1 unspecified atom stereocenters. The smallest absolute Gasteiger partial charge is 0.125 e. The van der Waals surface area contributed by atoms with Crippen LogP contribution >= 0.6 is 0 Å². The number of hydrogen-bond acceptors (Lipinski definition) is 2. The molecule has 80 valence electrons. The van der Waals surface area contributed by atoms with Gasteiger partial charge in [0.1, 0.15) is 5.75 Å². The fraction of sp³-hybridized carbons (Fsp3) is 0.333. The predicted molar refractivity (Wildman–Crippen MR) is 62.2 cm³/mol. The Morgan fingerprint density at radius 2 is 2.27 bits per heavy atom. The zero-order valence-corrected chi connectivity index (χ0v) is 8.78. The molecular formula is C12H16N2O. The summed E-state index contributed by atoms with van der Waals surface area (Å²) in [5.74, 6) is 0.0653. The Morgan fingerprint density at radius 1 is 1.47 bits per heavy atom. The number of phenolic OH excluding ortho intramolecular Hbond substituents is 1. The number of nitrogens with zero attached hydrogens (tertiary/aromatic N) is 1. The minimum absolute atomic E-state index is 0.0653. The van der Waals surface area contributed by atoms with E-state index in [1.807, 2.05) is 0 Å². The molecule has 1 atom stereocenters. The molecule has 0 aliphatic rings. The summed E-state index contributed by atoms with van der Waals surface area (Å²) in [5, 5.41) is 10.4. The molecule has 15 heavy (non-hydrogen) atoms. The van der Waals surface area contributed by atoms with Crippen LogP contribution in [0.1, 0.15) is 9.68 Å². The molecule has 1 aromatic carbocycles. The number of fused-ring (bicyclic) bond motifs is 1. The van der Waals surface area contributed by atoms with Gasteiger partial charge in [0.2, 0.25) is 0 Å². The van der Waals surface area contributed by atoms with Crippen LogP contribution in [0.15, 0.2) is 24.4 Å². The lowest BCUT2D eigenvalue weighted by Gasteiger charge is -2.08. The summed E-state index contributed by atoms with van der Waals surface area (Å²) in [6.07, 6.45) is 0.484. The monoisotopic (exact) mass is 207 g/mol. The minimum atomic E-state index is -1.81. The molecule has 1 heterocycles. The van der Waals surface area contributed by atoms with Gasteiger partial charge in [0.15, 0.2) is 0 Å². The Bertz CT molecular complexity index is 565. The Balaban J connectivity index is 2.55. The summed E-state index contributed by atoms with van der Waals surface area (Å²) in [6.45, 7) is -1.81. The average molecular weight is 207 g/mol. The third kappa shape index (κ3) is 1.97. The number of benzene rings is 1. The third-order valence-corrected chi connectivity index (χ3v) is 2.19. The molecule has 0 saturated carbocycles. The second-order valence-corrected chi connectivity index (χ2v) is 3.61. The van der Waals surface area contributed by atoms with Crippen LogP contribution in [0.3, 0.4) is 0 Å². The first kappa shape index (κ1) is 6.90. The number of phenols is 1. The van der Waals surface area contributed by atoms with Crippen molar-refractivity contribution in [1.29, 1.82) is 0 Å². The number of hydrogen-bond donors (Lipinski definition) is 2. The number of aromatic hydroxyl groups is 1. The van der Waals surface area contributed by atoms with Gasteiger partial charge in [-0.05, 0) is 38.2 Å². The number of nitrogens with one attached hydrogen (secondary N) is 1. The number of likely N-dealkylation sites (N-methyl/N-ethyl adjacent to an activating group) is 1. The van der Waals surface area contributed by atoms with Crippen molar-refractivity contribution in [3.63, 3.8) is 0 Å². The van der Waals surface area contributed by atoms with Gasteiger partial charge in [-0.3, -0.25) is 0 Å². The number of aromatic amines is 1. The molecule has 0 saturated heterocycles. The second kappa shape index (κ2) is 3.95. The molecule has 0 spiro atoms. The van der Waals surface area contributed by atoms with Crippen LogP contribution in [0.4, 0.5) is 0 Å². The lowest BCUT2D eigenvalue weighted by molar-refractivity contribution is 0.414. The van der Waals surface area contributed by atoms with Crippen molar-refractivity contribution in [1.82, 2.24) is 9.88 Å². The van der Waals surface area contributed by atoms with Gasteiger partial charge < -0.3 is 15.0 Å². The van der Waals surface area contributed by atoms with Gasteiger partial charge >= 0.3 is 0 Å². The van der Waals surface area contributed by atoms with Crippen LogP contribution < -0.4 is 0 Å². The van der Waals surface area contributed by atoms with E-state index in [0.717, 1.165) is 0 Å². The Kier molecular flexibility index (Phi) is 1.82. The van der Waals surface area contributed by atoms with Crippen molar-refractivity contribution in [2.24, 2.45) is 0 Å². The molecule has 0 fully saturated rings. The molecule has 0 radical (unpaired) electrons. The van der Waals surface area contributed by atoms with Gasteiger partial charge in [-0.2, -0.15) is 0 Å². The average Bonchev–Trinajstić information content (AvgIpc) is 2.72. The number of H-pyrrole nitrogens is 1. The van der Waals surface area contributed by atoms with Gasteiger partial charge in [-0.25, -0.2) is 0 Å². The summed E-state index contributed by atoms with van der Waals surface area (Å²) in [4.78, 5) is 4.32. The topological polar surface area (TPSA) is 39.3 Å². The zero-order chi connectivity index (χ0) is 13.5. The maximum absolute atomic E-state index is 9.85. The van der Waals surface area contributed by atoms with Gasteiger partial charge in [0.05, 0.1) is 0 Å². The van der Waals surface area contributed by atoms with E-state index >= 15 is 0 Å². The summed E-state index contributed by atoms with van der Waals surface area (Å²) in [5.41, 5.74) is 1.17. The minimum Gasteiger partial charge on any atom is -0.507 e. The van der Waals surface area contributed by atoms with E-state index in [2.05, 4.69) is 4.98 Å². The summed E-state index contributed by atoms with van der Waals surface area (Å²) < 4.78 is 23.9. The highest BCUT2D eigenvalue weighted by Gasteiger charge is 2.07. The highest BCUT2D eigenvalue weighted by Crippen LogP contribution is 2.27. The first-order valence-corrected chi connectivity index (χ1v) is 4.74. The van der Waals surface area contributed by atoms with Gasteiger partial charge in [-0.1, -0.05) is 6.07 Å². The maximum atomic E-state index is 9.85. The molecule has 3 nitrogen and oxygen atoms in total. The Morgan fingerprint density at radius 3 is 3.00 bits per heavy atom. The molecule has 2 aromatic rings. The third-order valence-electron chi connectivity index (χ3n) is 2.19. The maximum Gasteiger partial charge on any atom is 0.125 e. The first-order chi connectivity index (χ1) is 8.35. The van der Waals surface area contributed by atoms with E-state index in [0.29, 0.717) is 16.5 Å². The van der Waals surface area contributed by atoms with Gasteiger partial charge in [-0.15, -0.1) is 0 Å². The summed E-state index contributed by atoms with van der Waals surface area (Å²) in [6, 6.07) is 5.03.